The molecule has 0 bridgehead atoms. The van der Waals surface area contributed by atoms with E-state index in [0.717, 1.165) is 32.7 Å². The first-order chi connectivity index (χ1) is 6.59. The highest BCUT2D eigenvalue weighted by Gasteiger charge is 2.22. The van der Waals surface area contributed by atoms with Crippen LogP contribution in [0.3, 0.4) is 0 Å². The maximum Gasteiger partial charge on any atom is 0.0850 e. The fraction of sp³-hybridized carbons (Fsp3) is 0.818. The highest BCUT2D eigenvalue weighted by molar-refractivity contribution is 4.89. The van der Waals surface area contributed by atoms with Crippen molar-refractivity contribution in [2.45, 2.75) is 32.4 Å². The number of nitrogens with zero attached hydrogens (tertiary/aromatic N) is 1. The first-order valence-electron chi connectivity index (χ1n) is 5.33. The molecule has 1 fully saturated rings. The summed E-state index contributed by atoms with van der Waals surface area (Å²) in [6.07, 6.45) is 1.28. The van der Waals surface area contributed by atoms with E-state index in [2.05, 4.69) is 18.4 Å². The van der Waals surface area contributed by atoms with Gasteiger partial charge in [-0.25, -0.2) is 0 Å². The summed E-state index contributed by atoms with van der Waals surface area (Å²) < 4.78 is 5.59. The third-order valence-corrected chi connectivity index (χ3v) is 2.62. The van der Waals surface area contributed by atoms with E-state index in [1.54, 1.807) is 0 Å². The zero-order valence-corrected chi connectivity index (χ0v) is 9.33. The maximum absolute atomic E-state index is 5.82. The molecule has 0 amide bonds. The Kier molecular flexibility index (Phi) is 4.58. The van der Waals surface area contributed by atoms with Gasteiger partial charge in [-0.2, -0.15) is 0 Å². The van der Waals surface area contributed by atoms with Crippen LogP contribution in [0.5, 0.6) is 0 Å². The van der Waals surface area contributed by atoms with Crippen molar-refractivity contribution in [3.8, 4) is 0 Å². The number of morpholine rings is 1. The van der Waals surface area contributed by atoms with Crippen LogP contribution in [0.25, 0.3) is 0 Å². The zero-order chi connectivity index (χ0) is 10.6. The number of hydrogen-bond acceptors (Lipinski definition) is 3. The Morgan fingerprint density at radius 1 is 1.71 bits per heavy atom. The van der Waals surface area contributed by atoms with E-state index in [0.29, 0.717) is 0 Å². The van der Waals surface area contributed by atoms with Crippen LogP contribution in [0, 0.1) is 0 Å². The molecule has 0 aliphatic carbocycles. The summed E-state index contributed by atoms with van der Waals surface area (Å²) in [6.45, 7) is 11.9. The monoisotopic (exact) mass is 198 g/mol. The summed E-state index contributed by atoms with van der Waals surface area (Å²) in [5.41, 5.74) is 7.06. The Morgan fingerprint density at radius 2 is 2.43 bits per heavy atom. The van der Waals surface area contributed by atoms with Gasteiger partial charge in [-0.3, -0.25) is 4.90 Å². The average molecular weight is 198 g/mol. The molecule has 1 heterocycles. The van der Waals surface area contributed by atoms with Gasteiger partial charge in [0.05, 0.1) is 12.7 Å². The Bertz CT molecular complexity index is 192. The van der Waals surface area contributed by atoms with Crippen LogP contribution in [-0.4, -0.2) is 43.3 Å². The molecule has 0 spiro atoms. The van der Waals surface area contributed by atoms with Crippen LogP contribution in [0.4, 0.5) is 0 Å². The summed E-state index contributed by atoms with van der Waals surface area (Å²) >= 11 is 0. The van der Waals surface area contributed by atoms with Crippen LogP contribution in [0.2, 0.25) is 0 Å². The molecule has 1 aliphatic heterocycles. The normalized spacial score (nSPS) is 26.1. The van der Waals surface area contributed by atoms with Gasteiger partial charge in [0.1, 0.15) is 0 Å². The van der Waals surface area contributed by atoms with Crippen LogP contribution in [-0.2, 0) is 4.74 Å². The molecule has 0 saturated carbocycles. The minimum atomic E-state index is 0.127. The fourth-order valence-corrected chi connectivity index (χ4v) is 1.60. The van der Waals surface area contributed by atoms with E-state index in [1.807, 2.05) is 6.92 Å². The largest absolute Gasteiger partial charge is 0.374 e. The highest BCUT2D eigenvalue weighted by Crippen LogP contribution is 2.09. The summed E-state index contributed by atoms with van der Waals surface area (Å²) in [7, 11) is 0. The van der Waals surface area contributed by atoms with Gasteiger partial charge in [0.25, 0.3) is 0 Å². The van der Waals surface area contributed by atoms with E-state index in [-0.39, 0.29) is 12.1 Å². The molecule has 0 aromatic carbocycles. The third-order valence-electron chi connectivity index (χ3n) is 2.62. The van der Waals surface area contributed by atoms with Crippen molar-refractivity contribution in [1.82, 2.24) is 4.90 Å². The highest BCUT2D eigenvalue weighted by atomic mass is 16.5. The van der Waals surface area contributed by atoms with Crippen molar-refractivity contribution in [3.63, 3.8) is 0 Å². The quantitative estimate of drug-likeness (QED) is 0.685. The van der Waals surface area contributed by atoms with Crippen LogP contribution in [0.15, 0.2) is 12.2 Å². The van der Waals surface area contributed by atoms with Crippen LogP contribution >= 0.6 is 0 Å². The summed E-state index contributed by atoms with van der Waals surface area (Å²) in [5.74, 6) is 0. The predicted octanol–water partition coefficient (Wildman–Crippen LogP) is 1.00. The lowest BCUT2D eigenvalue weighted by Crippen LogP contribution is -2.49. The number of nitrogens with two attached hydrogens (primary N) is 1. The molecule has 0 aromatic heterocycles. The van der Waals surface area contributed by atoms with Crippen molar-refractivity contribution < 1.29 is 4.74 Å². The predicted molar refractivity (Wildman–Crippen MR) is 59.3 cm³/mol. The van der Waals surface area contributed by atoms with Crippen molar-refractivity contribution in [2.24, 2.45) is 5.73 Å². The Labute approximate surface area is 86.9 Å². The smallest absolute Gasteiger partial charge is 0.0850 e. The molecule has 1 saturated heterocycles. The fourth-order valence-electron chi connectivity index (χ4n) is 1.60. The van der Waals surface area contributed by atoms with E-state index in [4.69, 9.17) is 10.5 Å². The molecule has 1 rings (SSSR count). The van der Waals surface area contributed by atoms with Gasteiger partial charge in [-0.15, -0.1) is 6.58 Å². The molecule has 0 aromatic rings. The molecule has 3 heteroatoms. The van der Waals surface area contributed by atoms with E-state index < -0.39 is 0 Å². The average Bonchev–Trinajstić information content (AvgIpc) is 2.15. The third kappa shape index (κ3) is 3.78. The first-order valence-corrected chi connectivity index (χ1v) is 5.33. The van der Waals surface area contributed by atoms with Crippen molar-refractivity contribution in [1.29, 1.82) is 0 Å². The summed E-state index contributed by atoms with van der Waals surface area (Å²) in [6, 6.07) is 0.127. The SMILES string of the molecule is C=C(C)CCN1CCOC(C(C)N)C1. The van der Waals surface area contributed by atoms with Gasteiger partial charge in [0, 0.05) is 25.7 Å². The molecule has 82 valence electrons. The number of hydrogen-bond donors (Lipinski definition) is 1. The molecule has 3 nitrogen and oxygen atoms in total. The van der Waals surface area contributed by atoms with Crippen molar-refractivity contribution >= 4 is 0 Å². The molecule has 2 N–H and O–H groups in total. The lowest BCUT2D eigenvalue weighted by Gasteiger charge is -2.34. The van der Waals surface area contributed by atoms with Gasteiger partial charge < -0.3 is 10.5 Å². The lowest BCUT2D eigenvalue weighted by molar-refractivity contribution is -0.0371. The topological polar surface area (TPSA) is 38.5 Å². The Morgan fingerprint density at radius 3 is 3.00 bits per heavy atom. The molecule has 14 heavy (non-hydrogen) atoms. The molecule has 1 aliphatic rings. The van der Waals surface area contributed by atoms with Crippen LogP contribution in [0.1, 0.15) is 20.3 Å². The second-order valence-corrected chi connectivity index (χ2v) is 4.28. The molecular weight excluding hydrogens is 176 g/mol. The van der Waals surface area contributed by atoms with Crippen molar-refractivity contribution in [3.05, 3.63) is 12.2 Å². The van der Waals surface area contributed by atoms with Gasteiger partial charge in [0.2, 0.25) is 0 Å². The maximum atomic E-state index is 5.82. The zero-order valence-electron chi connectivity index (χ0n) is 9.33. The van der Waals surface area contributed by atoms with Crippen LogP contribution < -0.4 is 5.73 Å². The minimum absolute atomic E-state index is 0.127. The van der Waals surface area contributed by atoms with E-state index in [9.17, 15) is 0 Å². The van der Waals surface area contributed by atoms with E-state index >= 15 is 0 Å². The molecule has 2 atom stereocenters. The molecular formula is C11H22N2O. The lowest BCUT2D eigenvalue weighted by atomic mass is 10.1. The summed E-state index contributed by atoms with van der Waals surface area (Å²) in [5, 5.41) is 0. The second kappa shape index (κ2) is 5.49. The second-order valence-electron chi connectivity index (χ2n) is 4.28. The molecule has 2 unspecified atom stereocenters. The standard InChI is InChI=1S/C11H22N2O/c1-9(2)4-5-13-6-7-14-11(8-13)10(3)12/h10-11H,1,4-8,12H2,2-3H3. The first kappa shape index (κ1) is 11.7. The number of rotatable bonds is 4. The summed E-state index contributed by atoms with van der Waals surface area (Å²) in [4.78, 5) is 2.41. The van der Waals surface area contributed by atoms with Gasteiger partial charge in [0.15, 0.2) is 0 Å². The number of ether oxygens (including phenoxy) is 1. The Balaban J connectivity index is 2.29. The van der Waals surface area contributed by atoms with E-state index in [1.165, 1.54) is 5.57 Å². The van der Waals surface area contributed by atoms with Gasteiger partial charge in [-0.05, 0) is 20.3 Å². The Hall–Kier alpha value is -0.380. The van der Waals surface area contributed by atoms with Crippen molar-refractivity contribution in [2.75, 3.05) is 26.2 Å². The van der Waals surface area contributed by atoms with Gasteiger partial charge in [-0.1, -0.05) is 5.57 Å². The molecule has 0 radical (unpaired) electrons. The minimum Gasteiger partial charge on any atom is -0.374 e. The van der Waals surface area contributed by atoms with Gasteiger partial charge >= 0.3 is 0 Å².